The first-order valence-electron chi connectivity index (χ1n) is 6.78. The first kappa shape index (κ1) is 12.9. The van der Waals surface area contributed by atoms with E-state index in [1.165, 1.54) is 36.8 Å². The van der Waals surface area contributed by atoms with Crippen LogP contribution in [-0.2, 0) is 24.1 Å². The van der Waals surface area contributed by atoms with E-state index in [9.17, 15) is 4.79 Å². The van der Waals surface area contributed by atoms with Gasteiger partial charge in [0.05, 0.1) is 6.42 Å². The highest BCUT2D eigenvalue weighted by Gasteiger charge is 2.10. The van der Waals surface area contributed by atoms with Gasteiger partial charge in [0.1, 0.15) is 0 Å². The number of carbonyl (C=O) groups is 1. The van der Waals surface area contributed by atoms with Crippen LogP contribution in [-0.4, -0.2) is 12.5 Å². The number of hydrogen-bond acceptors (Lipinski definition) is 1. The van der Waals surface area contributed by atoms with Gasteiger partial charge in [-0.25, -0.2) is 0 Å². The molecule has 0 spiro atoms. The molecule has 1 aromatic carbocycles. The van der Waals surface area contributed by atoms with Gasteiger partial charge in [-0.3, -0.25) is 4.79 Å². The molecule has 0 bridgehead atoms. The number of fused-ring (bicyclic) bond motifs is 1. The van der Waals surface area contributed by atoms with Crippen molar-refractivity contribution >= 4 is 5.91 Å². The topological polar surface area (TPSA) is 29.1 Å². The van der Waals surface area contributed by atoms with E-state index < -0.39 is 0 Å². The summed E-state index contributed by atoms with van der Waals surface area (Å²) in [6.07, 6.45) is 8.08. The predicted octanol–water partition coefficient (Wildman–Crippen LogP) is 2.80. The largest absolute Gasteiger partial charge is 0.356 e. The fourth-order valence-electron chi connectivity index (χ4n) is 2.46. The van der Waals surface area contributed by atoms with Crippen molar-refractivity contribution in [1.82, 2.24) is 5.32 Å². The van der Waals surface area contributed by atoms with Gasteiger partial charge in [-0.2, -0.15) is 0 Å². The van der Waals surface area contributed by atoms with Crippen LogP contribution in [0.25, 0.3) is 0 Å². The third-order valence-electron chi connectivity index (χ3n) is 3.45. The molecule has 0 aliphatic heterocycles. The van der Waals surface area contributed by atoms with Gasteiger partial charge < -0.3 is 5.32 Å². The molecule has 2 heteroatoms. The van der Waals surface area contributed by atoms with Crippen LogP contribution < -0.4 is 5.32 Å². The molecule has 0 radical (unpaired) electrons. The van der Waals surface area contributed by atoms with Crippen molar-refractivity contribution in [2.24, 2.45) is 0 Å². The number of benzene rings is 1. The average Bonchev–Trinajstić information content (AvgIpc) is 2.39. The first-order valence-corrected chi connectivity index (χ1v) is 6.78. The van der Waals surface area contributed by atoms with Crippen molar-refractivity contribution in [3.05, 3.63) is 47.5 Å². The summed E-state index contributed by atoms with van der Waals surface area (Å²) in [5.74, 6) is 0.104. The summed E-state index contributed by atoms with van der Waals surface area (Å²) in [4.78, 5) is 11.7. The number of aryl methyl sites for hydroxylation is 2. The van der Waals surface area contributed by atoms with Crippen molar-refractivity contribution in [3.8, 4) is 0 Å². The maximum atomic E-state index is 11.7. The standard InChI is InChI=1S/C16H21NO/c1-2-3-10-17-16(18)12-13-8-9-14-6-4-5-7-15(14)11-13/h2,8-9,11H,1,3-7,10,12H2,(H,17,18). The third kappa shape index (κ3) is 3.46. The number of rotatable bonds is 5. The van der Waals surface area contributed by atoms with Crippen molar-refractivity contribution < 1.29 is 4.79 Å². The Balaban J connectivity index is 1.93. The Kier molecular flexibility index (Phi) is 4.57. The summed E-state index contributed by atoms with van der Waals surface area (Å²) >= 11 is 0. The minimum atomic E-state index is 0.104. The predicted molar refractivity (Wildman–Crippen MR) is 74.6 cm³/mol. The molecular formula is C16H21NO. The van der Waals surface area contributed by atoms with Crippen LogP contribution in [0.4, 0.5) is 0 Å². The zero-order valence-corrected chi connectivity index (χ0v) is 10.9. The van der Waals surface area contributed by atoms with E-state index in [1.54, 1.807) is 0 Å². The van der Waals surface area contributed by atoms with Crippen molar-refractivity contribution in [2.75, 3.05) is 6.54 Å². The quantitative estimate of drug-likeness (QED) is 0.625. The lowest BCUT2D eigenvalue weighted by molar-refractivity contribution is -0.120. The number of nitrogens with one attached hydrogen (secondary N) is 1. The van der Waals surface area contributed by atoms with Gasteiger partial charge in [0, 0.05) is 6.54 Å². The molecule has 1 amide bonds. The monoisotopic (exact) mass is 243 g/mol. The number of carbonyl (C=O) groups excluding carboxylic acids is 1. The maximum Gasteiger partial charge on any atom is 0.224 e. The van der Waals surface area contributed by atoms with Crippen LogP contribution >= 0.6 is 0 Å². The summed E-state index contributed by atoms with van der Waals surface area (Å²) in [6.45, 7) is 4.33. The molecule has 96 valence electrons. The van der Waals surface area contributed by atoms with Gasteiger partial charge in [-0.15, -0.1) is 6.58 Å². The van der Waals surface area contributed by atoms with E-state index >= 15 is 0 Å². The normalized spacial score (nSPS) is 13.8. The molecule has 0 aromatic heterocycles. The Morgan fingerprint density at radius 2 is 2.06 bits per heavy atom. The molecule has 0 unspecified atom stereocenters. The number of amides is 1. The van der Waals surface area contributed by atoms with Crippen LogP contribution in [0.1, 0.15) is 36.0 Å². The van der Waals surface area contributed by atoms with Gasteiger partial charge >= 0.3 is 0 Å². The second kappa shape index (κ2) is 6.39. The lowest BCUT2D eigenvalue weighted by atomic mass is 9.90. The second-order valence-electron chi connectivity index (χ2n) is 4.91. The van der Waals surface area contributed by atoms with Crippen molar-refractivity contribution in [1.29, 1.82) is 0 Å². The van der Waals surface area contributed by atoms with Gasteiger partial charge in [0.25, 0.3) is 0 Å². The Morgan fingerprint density at radius 1 is 1.28 bits per heavy atom. The van der Waals surface area contributed by atoms with E-state index in [4.69, 9.17) is 0 Å². The molecule has 18 heavy (non-hydrogen) atoms. The van der Waals surface area contributed by atoms with E-state index in [-0.39, 0.29) is 5.91 Å². The minimum absolute atomic E-state index is 0.104. The lowest BCUT2D eigenvalue weighted by Crippen LogP contribution is -2.25. The maximum absolute atomic E-state index is 11.7. The van der Waals surface area contributed by atoms with Crippen LogP contribution in [0.15, 0.2) is 30.9 Å². The molecule has 0 heterocycles. The van der Waals surface area contributed by atoms with Gasteiger partial charge in [0.2, 0.25) is 5.91 Å². The third-order valence-corrected chi connectivity index (χ3v) is 3.45. The summed E-state index contributed by atoms with van der Waals surface area (Å²) in [5, 5.41) is 2.90. The molecule has 1 aliphatic rings. The Hall–Kier alpha value is -1.57. The highest BCUT2D eigenvalue weighted by molar-refractivity contribution is 5.78. The smallest absolute Gasteiger partial charge is 0.224 e. The van der Waals surface area contributed by atoms with Crippen molar-refractivity contribution in [2.45, 2.75) is 38.5 Å². The molecule has 2 nitrogen and oxygen atoms in total. The van der Waals surface area contributed by atoms with E-state index in [2.05, 4.69) is 30.1 Å². The second-order valence-corrected chi connectivity index (χ2v) is 4.91. The fraction of sp³-hybridized carbons (Fsp3) is 0.438. The lowest BCUT2D eigenvalue weighted by Gasteiger charge is -2.16. The Bertz CT molecular complexity index is 437. The molecule has 1 aliphatic carbocycles. The molecular weight excluding hydrogens is 222 g/mol. The van der Waals surface area contributed by atoms with Crippen LogP contribution in [0.5, 0.6) is 0 Å². The van der Waals surface area contributed by atoms with E-state index in [0.717, 1.165) is 12.0 Å². The Morgan fingerprint density at radius 3 is 2.83 bits per heavy atom. The van der Waals surface area contributed by atoms with Gasteiger partial charge in [-0.05, 0) is 48.8 Å². The summed E-state index contributed by atoms with van der Waals surface area (Å²) < 4.78 is 0. The highest BCUT2D eigenvalue weighted by Crippen LogP contribution is 2.22. The van der Waals surface area contributed by atoms with Gasteiger partial charge in [0.15, 0.2) is 0 Å². The molecule has 0 saturated heterocycles. The molecule has 1 aromatic rings. The fourth-order valence-corrected chi connectivity index (χ4v) is 2.46. The van der Waals surface area contributed by atoms with Crippen molar-refractivity contribution in [3.63, 3.8) is 0 Å². The zero-order chi connectivity index (χ0) is 12.8. The van der Waals surface area contributed by atoms with Crippen LogP contribution in [0.3, 0.4) is 0 Å². The van der Waals surface area contributed by atoms with E-state index in [0.29, 0.717) is 13.0 Å². The SMILES string of the molecule is C=CCCNC(=O)Cc1ccc2c(c1)CCCC2. The summed E-state index contributed by atoms with van der Waals surface area (Å²) in [7, 11) is 0. The molecule has 0 fully saturated rings. The zero-order valence-electron chi connectivity index (χ0n) is 10.9. The van der Waals surface area contributed by atoms with E-state index in [1.807, 2.05) is 6.08 Å². The Labute approximate surface area is 109 Å². The van der Waals surface area contributed by atoms with Crippen LogP contribution in [0, 0.1) is 0 Å². The minimum Gasteiger partial charge on any atom is -0.356 e. The van der Waals surface area contributed by atoms with Gasteiger partial charge in [-0.1, -0.05) is 24.3 Å². The molecule has 2 rings (SSSR count). The first-order chi connectivity index (χ1) is 8.79. The highest BCUT2D eigenvalue weighted by atomic mass is 16.1. The average molecular weight is 243 g/mol. The van der Waals surface area contributed by atoms with Crippen LogP contribution in [0.2, 0.25) is 0 Å². The summed E-state index contributed by atoms with van der Waals surface area (Å²) in [5.41, 5.74) is 4.04. The molecule has 1 N–H and O–H groups in total. The summed E-state index contributed by atoms with van der Waals surface area (Å²) in [6, 6.07) is 6.50. The molecule has 0 saturated carbocycles. The number of hydrogen-bond donors (Lipinski definition) is 1. The molecule has 0 atom stereocenters.